The molecule has 2 amide bonds. The Labute approximate surface area is 159 Å². The van der Waals surface area contributed by atoms with Gasteiger partial charge >= 0.3 is 0 Å². The summed E-state index contributed by atoms with van der Waals surface area (Å²) in [7, 11) is 0. The lowest BCUT2D eigenvalue weighted by Crippen LogP contribution is -2.66. The molecule has 2 aliphatic rings. The Morgan fingerprint density at radius 1 is 1.25 bits per heavy atom. The van der Waals surface area contributed by atoms with Gasteiger partial charge in [-0.1, -0.05) is 0 Å². The molecule has 1 N–H and O–H groups in total. The van der Waals surface area contributed by atoms with Crippen molar-refractivity contribution < 1.29 is 23.1 Å². The first-order valence-electron chi connectivity index (χ1n) is 8.97. The Kier molecular flexibility index (Phi) is 4.80. The van der Waals surface area contributed by atoms with Crippen molar-refractivity contribution >= 4 is 11.8 Å². The van der Waals surface area contributed by atoms with E-state index in [0.29, 0.717) is 12.0 Å². The number of halogens is 2. The number of carbonyl (C=O) groups is 2. The van der Waals surface area contributed by atoms with Gasteiger partial charge in [0.05, 0.1) is 11.7 Å². The Morgan fingerprint density at radius 3 is 2.57 bits per heavy atom. The number of benzene rings is 1. The highest BCUT2D eigenvalue weighted by atomic mass is 19.3. The van der Waals surface area contributed by atoms with Gasteiger partial charge in [-0.25, -0.2) is 18.4 Å². The lowest BCUT2D eigenvalue weighted by atomic mass is 9.95. The second-order valence-electron chi connectivity index (χ2n) is 6.91. The van der Waals surface area contributed by atoms with Crippen LogP contribution in [0.5, 0.6) is 0 Å². The van der Waals surface area contributed by atoms with Crippen molar-refractivity contribution in [1.29, 1.82) is 0 Å². The number of nitrogens with one attached hydrogen (secondary N) is 1. The molecule has 4 rings (SSSR count). The van der Waals surface area contributed by atoms with Gasteiger partial charge in [0, 0.05) is 25.3 Å². The molecule has 1 aromatic carbocycles. The smallest absolute Gasteiger partial charge is 0.276 e. The van der Waals surface area contributed by atoms with E-state index in [9.17, 15) is 18.4 Å². The minimum Gasteiger partial charge on any atom is -0.360 e. The van der Waals surface area contributed by atoms with Gasteiger partial charge in [-0.2, -0.15) is 5.10 Å². The van der Waals surface area contributed by atoms with E-state index in [1.54, 1.807) is 35.3 Å². The second kappa shape index (κ2) is 7.27. The normalized spacial score (nSPS) is 22.3. The Bertz CT molecular complexity index is 845. The molecule has 2 aliphatic heterocycles. The number of alkyl halides is 2. The SMILES string of the molecule is O=C(NC1CN(C(=O)C2(C(F)F)CCCO2)C1)c1ccc(-n2cncn2)cc1. The van der Waals surface area contributed by atoms with Gasteiger partial charge in [0.25, 0.3) is 18.2 Å². The molecule has 10 heteroatoms. The van der Waals surface area contributed by atoms with Crippen molar-refractivity contribution in [3.8, 4) is 5.69 Å². The monoisotopic (exact) mass is 391 g/mol. The number of hydrogen-bond donors (Lipinski definition) is 1. The van der Waals surface area contributed by atoms with Crippen LogP contribution in [-0.2, 0) is 9.53 Å². The standard InChI is InChI=1S/C18H19F2N5O3/c19-16(20)18(6-1-7-28-18)17(27)24-8-13(9-24)23-15(26)12-2-4-14(5-3-12)25-11-21-10-22-25/h2-5,10-11,13,16H,1,6-9H2,(H,23,26). The minimum absolute atomic E-state index is 0.0230. The maximum absolute atomic E-state index is 13.4. The van der Waals surface area contributed by atoms with Crippen molar-refractivity contribution in [2.45, 2.75) is 30.9 Å². The van der Waals surface area contributed by atoms with E-state index in [1.807, 2.05) is 0 Å². The molecular formula is C18H19F2N5O3. The van der Waals surface area contributed by atoms with Crippen LogP contribution in [0.1, 0.15) is 23.2 Å². The van der Waals surface area contributed by atoms with E-state index >= 15 is 0 Å². The zero-order valence-corrected chi connectivity index (χ0v) is 14.9. The number of likely N-dealkylation sites (tertiary alicyclic amines) is 1. The largest absolute Gasteiger partial charge is 0.360 e. The third-order valence-corrected chi connectivity index (χ3v) is 5.08. The Morgan fingerprint density at radius 2 is 2.00 bits per heavy atom. The summed E-state index contributed by atoms with van der Waals surface area (Å²) in [6.45, 7) is 0.549. The number of nitrogens with zero attached hydrogens (tertiary/aromatic N) is 4. The van der Waals surface area contributed by atoms with Crippen molar-refractivity contribution in [2.24, 2.45) is 0 Å². The molecular weight excluding hydrogens is 372 g/mol. The highest BCUT2D eigenvalue weighted by molar-refractivity contribution is 5.95. The molecule has 2 aromatic rings. The molecule has 0 bridgehead atoms. The first-order valence-corrected chi connectivity index (χ1v) is 8.97. The van der Waals surface area contributed by atoms with E-state index in [-0.39, 0.29) is 38.1 Å². The third-order valence-electron chi connectivity index (χ3n) is 5.08. The summed E-state index contributed by atoms with van der Waals surface area (Å²) in [6, 6.07) is 6.52. The van der Waals surface area contributed by atoms with Crippen LogP contribution in [0.15, 0.2) is 36.9 Å². The minimum atomic E-state index is -2.86. The summed E-state index contributed by atoms with van der Waals surface area (Å²) in [5.41, 5.74) is -0.799. The van der Waals surface area contributed by atoms with E-state index in [2.05, 4.69) is 15.4 Å². The summed E-state index contributed by atoms with van der Waals surface area (Å²) in [5, 5.41) is 6.82. The summed E-state index contributed by atoms with van der Waals surface area (Å²) < 4.78 is 33.4. The maximum Gasteiger partial charge on any atom is 0.276 e. The summed E-state index contributed by atoms with van der Waals surface area (Å²) in [6.07, 6.45) is 0.567. The second-order valence-corrected chi connectivity index (χ2v) is 6.91. The quantitative estimate of drug-likeness (QED) is 0.822. The predicted octanol–water partition coefficient (Wildman–Crippen LogP) is 1.02. The van der Waals surface area contributed by atoms with Gasteiger partial charge in [-0.15, -0.1) is 0 Å². The van der Waals surface area contributed by atoms with Crippen LogP contribution in [0, 0.1) is 0 Å². The molecule has 2 fully saturated rings. The molecule has 0 saturated carbocycles. The van der Waals surface area contributed by atoms with Gasteiger partial charge in [0.1, 0.15) is 12.7 Å². The lowest BCUT2D eigenvalue weighted by molar-refractivity contribution is -0.176. The van der Waals surface area contributed by atoms with E-state index in [0.717, 1.165) is 5.69 Å². The van der Waals surface area contributed by atoms with Crippen LogP contribution in [-0.4, -0.2) is 69.2 Å². The van der Waals surface area contributed by atoms with Gasteiger partial charge < -0.3 is 15.0 Å². The lowest BCUT2D eigenvalue weighted by Gasteiger charge is -2.43. The molecule has 3 heterocycles. The fraction of sp³-hybridized carbons (Fsp3) is 0.444. The van der Waals surface area contributed by atoms with Gasteiger partial charge in [-0.05, 0) is 37.1 Å². The number of hydrogen-bond acceptors (Lipinski definition) is 5. The van der Waals surface area contributed by atoms with Crippen molar-refractivity contribution in [3.63, 3.8) is 0 Å². The molecule has 0 radical (unpaired) electrons. The van der Waals surface area contributed by atoms with Crippen molar-refractivity contribution in [2.75, 3.05) is 19.7 Å². The van der Waals surface area contributed by atoms with Gasteiger partial charge in [0.15, 0.2) is 0 Å². The topological polar surface area (TPSA) is 89.4 Å². The van der Waals surface area contributed by atoms with Gasteiger partial charge in [-0.3, -0.25) is 9.59 Å². The maximum atomic E-state index is 13.4. The molecule has 2 saturated heterocycles. The zero-order chi connectivity index (χ0) is 19.7. The first kappa shape index (κ1) is 18.5. The van der Waals surface area contributed by atoms with Crippen LogP contribution >= 0.6 is 0 Å². The average Bonchev–Trinajstić information content (AvgIpc) is 3.36. The highest BCUT2D eigenvalue weighted by Gasteiger charge is 2.54. The summed E-state index contributed by atoms with van der Waals surface area (Å²) in [4.78, 5) is 30.0. The van der Waals surface area contributed by atoms with Crippen LogP contribution in [0.25, 0.3) is 5.69 Å². The molecule has 0 aliphatic carbocycles. The molecule has 1 atom stereocenters. The Balaban J connectivity index is 1.32. The molecule has 0 spiro atoms. The molecule has 1 aromatic heterocycles. The van der Waals surface area contributed by atoms with E-state index in [1.165, 1.54) is 11.2 Å². The van der Waals surface area contributed by atoms with Crippen molar-refractivity contribution in [1.82, 2.24) is 25.0 Å². The zero-order valence-electron chi connectivity index (χ0n) is 14.9. The highest BCUT2D eigenvalue weighted by Crippen LogP contribution is 2.35. The summed E-state index contributed by atoms with van der Waals surface area (Å²) in [5.74, 6) is -0.981. The number of carbonyl (C=O) groups excluding carboxylic acids is 2. The van der Waals surface area contributed by atoms with Crippen LogP contribution in [0.2, 0.25) is 0 Å². The number of ether oxygens (including phenoxy) is 1. The van der Waals surface area contributed by atoms with Crippen LogP contribution < -0.4 is 5.32 Å². The predicted molar refractivity (Wildman–Crippen MR) is 93.1 cm³/mol. The number of aromatic nitrogens is 3. The number of rotatable bonds is 5. The molecule has 28 heavy (non-hydrogen) atoms. The van der Waals surface area contributed by atoms with Gasteiger partial charge in [0.2, 0.25) is 5.60 Å². The average molecular weight is 391 g/mol. The first-order chi connectivity index (χ1) is 13.5. The van der Waals surface area contributed by atoms with Crippen molar-refractivity contribution in [3.05, 3.63) is 42.5 Å². The molecule has 8 nitrogen and oxygen atoms in total. The third kappa shape index (κ3) is 3.24. The summed E-state index contributed by atoms with van der Waals surface area (Å²) >= 11 is 0. The molecule has 148 valence electrons. The van der Waals surface area contributed by atoms with E-state index in [4.69, 9.17) is 4.74 Å². The van der Waals surface area contributed by atoms with Crippen LogP contribution in [0.3, 0.4) is 0 Å². The van der Waals surface area contributed by atoms with Crippen LogP contribution in [0.4, 0.5) is 8.78 Å². The molecule has 1 unspecified atom stereocenters. The Hall–Kier alpha value is -2.88. The van der Waals surface area contributed by atoms with E-state index < -0.39 is 17.9 Å². The number of amides is 2. The fourth-order valence-electron chi connectivity index (χ4n) is 3.47. The fourth-order valence-corrected chi connectivity index (χ4v) is 3.47.